The molecular weight excluding hydrogens is 346 g/mol. The Morgan fingerprint density at radius 1 is 0.962 bits per heavy atom. The van der Waals surface area contributed by atoms with Crippen LogP contribution in [0.15, 0.2) is 76.0 Å². The summed E-state index contributed by atoms with van der Waals surface area (Å²) < 4.78 is 29.3. The number of benzene rings is 3. The van der Waals surface area contributed by atoms with Crippen LogP contribution in [-0.2, 0) is 10.0 Å². The second-order valence-corrected chi connectivity index (χ2v) is 7.58. The zero-order chi connectivity index (χ0) is 18.7. The minimum Gasteiger partial charge on any atom is -0.361 e. The highest BCUT2D eigenvalue weighted by Crippen LogP contribution is 2.19. The van der Waals surface area contributed by atoms with E-state index in [1.165, 1.54) is 19.1 Å². The lowest BCUT2D eigenvalue weighted by atomic mass is 10.0. The van der Waals surface area contributed by atoms with Gasteiger partial charge in [0, 0.05) is 12.5 Å². The molecule has 5 nitrogen and oxygen atoms in total. The molecule has 0 radical (unpaired) electrons. The summed E-state index contributed by atoms with van der Waals surface area (Å²) >= 11 is 0. The van der Waals surface area contributed by atoms with Crippen molar-refractivity contribution in [3.63, 3.8) is 0 Å². The number of fused-ring (bicyclic) bond motifs is 1. The molecule has 3 rings (SSSR count). The Kier molecular flexibility index (Phi) is 4.80. The largest absolute Gasteiger partial charge is 0.361 e. The van der Waals surface area contributed by atoms with Crippen molar-refractivity contribution in [2.75, 3.05) is 0 Å². The van der Waals surface area contributed by atoms with Gasteiger partial charge in [-0.25, -0.2) is 0 Å². The molecule has 0 N–H and O–H groups in total. The van der Waals surface area contributed by atoms with E-state index in [0.717, 1.165) is 16.3 Å². The molecule has 26 heavy (non-hydrogen) atoms. The van der Waals surface area contributed by atoms with Gasteiger partial charge in [-0.15, -0.1) is 0 Å². The van der Waals surface area contributed by atoms with Crippen molar-refractivity contribution >= 4 is 32.2 Å². The van der Waals surface area contributed by atoms with Crippen molar-refractivity contribution in [3.8, 4) is 0 Å². The van der Waals surface area contributed by atoms with E-state index in [9.17, 15) is 13.9 Å². The van der Waals surface area contributed by atoms with Crippen molar-refractivity contribution in [1.82, 2.24) is 0 Å². The van der Waals surface area contributed by atoms with Crippen LogP contribution in [0.25, 0.3) is 16.3 Å². The highest BCUT2D eigenvalue weighted by atomic mass is 32.2. The van der Waals surface area contributed by atoms with Gasteiger partial charge < -0.3 is 5.53 Å². The number of aryl methyl sites for hydroxylation is 1. The van der Waals surface area contributed by atoms with Gasteiger partial charge in [-0.05, 0) is 35.9 Å². The predicted molar refractivity (Wildman–Crippen MR) is 103 cm³/mol. The van der Waals surface area contributed by atoms with Gasteiger partial charge in [-0.3, -0.25) is 0 Å². The molecule has 130 valence electrons. The predicted octanol–water partition coefficient (Wildman–Crippen LogP) is 4.02. The lowest BCUT2D eigenvalue weighted by Crippen LogP contribution is -2.16. The summed E-state index contributed by atoms with van der Waals surface area (Å²) in [6.07, 6.45) is 0. The van der Waals surface area contributed by atoms with Crippen LogP contribution in [0.3, 0.4) is 0 Å². The summed E-state index contributed by atoms with van der Waals surface area (Å²) in [4.78, 5) is 3.25. The second kappa shape index (κ2) is 7.04. The number of hydrogen-bond donors (Lipinski definition) is 0. The van der Waals surface area contributed by atoms with Gasteiger partial charge in [0.05, 0.1) is 4.90 Å². The molecule has 0 spiro atoms. The minimum atomic E-state index is -3.94. The van der Waals surface area contributed by atoms with Gasteiger partial charge in [-0.1, -0.05) is 54.1 Å². The number of rotatable bonds is 4. The van der Waals surface area contributed by atoms with Crippen LogP contribution in [0, 0.1) is 6.92 Å². The molecule has 0 aliphatic heterocycles. The first-order valence-electron chi connectivity index (χ1n) is 8.00. The van der Waals surface area contributed by atoms with Gasteiger partial charge >= 0.3 is 5.71 Å². The summed E-state index contributed by atoms with van der Waals surface area (Å²) in [5, 5.41) is 1.96. The molecule has 0 fully saturated rings. The molecule has 3 aromatic carbocycles. The van der Waals surface area contributed by atoms with E-state index in [-0.39, 0.29) is 16.3 Å². The molecule has 6 heteroatoms. The van der Waals surface area contributed by atoms with E-state index in [2.05, 4.69) is 9.19 Å². The van der Waals surface area contributed by atoms with Crippen molar-refractivity contribution in [2.24, 2.45) is 4.40 Å². The number of hydrogen-bond acceptors (Lipinski definition) is 2. The van der Waals surface area contributed by atoms with E-state index in [0.29, 0.717) is 5.56 Å². The SMILES string of the molecule is CC(=[N+]=[N-])/C(=N/S(=O)(=O)c1ccc(C)cc1)c1ccc2ccccc2c1. The van der Waals surface area contributed by atoms with E-state index in [4.69, 9.17) is 0 Å². The minimum absolute atomic E-state index is 0.0899. The molecule has 0 aliphatic rings. The van der Waals surface area contributed by atoms with Gasteiger partial charge in [0.15, 0.2) is 5.71 Å². The summed E-state index contributed by atoms with van der Waals surface area (Å²) in [5.41, 5.74) is 10.9. The lowest BCUT2D eigenvalue weighted by Gasteiger charge is -2.05. The topological polar surface area (TPSA) is 82.9 Å². The van der Waals surface area contributed by atoms with Crippen LogP contribution in [0.2, 0.25) is 0 Å². The maximum Gasteiger partial charge on any atom is 0.315 e. The fourth-order valence-electron chi connectivity index (χ4n) is 2.59. The third-order valence-electron chi connectivity index (χ3n) is 4.05. The Balaban J connectivity index is 2.17. The van der Waals surface area contributed by atoms with Crippen LogP contribution in [0.4, 0.5) is 0 Å². The second-order valence-electron chi connectivity index (χ2n) is 5.98. The van der Waals surface area contributed by atoms with E-state index in [1.807, 2.05) is 43.3 Å². The first kappa shape index (κ1) is 17.7. The van der Waals surface area contributed by atoms with Crippen LogP contribution in [0.5, 0.6) is 0 Å². The van der Waals surface area contributed by atoms with Crippen LogP contribution in [-0.4, -0.2) is 24.6 Å². The summed E-state index contributed by atoms with van der Waals surface area (Å²) in [6, 6.07) is 19.6. The Morgan fingerprint density at radius 2 is 1.62 bits per heavy atom. The fourth-order valence-corrected chi connectivity index (χ4v) is 3.66. The standard InChI is InChI=1S/C20H17N3O2S/c1-14-7-11-19(12-8-14)26(24,25)23-20(15(2)22-21)18-10-9-16-5-3-4-6-17(16)13-18/h3-13H,1-2H3/b23-20-. The van der Waals surface area contributed by atoms with Crippen LogP contribution < -0.4 is 0 Å². The zero-order valence-corrected chi connectivity index (χ0v) is 15.2. The highest BCUT2D eigenvalue weighted by molar-refractivity contribution is 7.90. The van der Waals surface area contributed by atoms with E-state index < -0.39 is 10.0 Å². The van der Waals surface area contributed by atoms with Gasteiger partial charge in [0.25, 0.3) is 10.0 Å². The molecule has 0 aromatic heterocycles. The summed E-state index contributed by atoms with van der Waals surface area (Å²) in [6.45, 7) is 3.39. The van der Waals surface area contributed by atoms with Crippen molar-refractivity contribution in [1.29, 1.82) is 0 Å². The molecule has 0 heterocycles. The highest BCUT2D eigenvalue weighted by Gasteiger charge is 2.21. The molecule has 0 amide bonds. The molecule has 0 aliphatic carbocycles. The van der Waals surface area contributed by atoms with E-state index >= 15 is 0 Å². The van der Waals surface area contributed by atoms with Crippen molar-refractivity contribution in [3.05, 3.63) is 83.4 Å². The normalized spacial score (nSPS) is 12.0. The van der Waals surface area contributed by atoms with E-state index in [1.54, 1.807) is 18.2 Å². The maximum atomic E-state index is 12.7. The van der Waals surface area contributed by atoms with Crippen molar-refractivity contribution in [2.45, 2.75) is 18.7 Å². The molecule has 0 saturated heterocycles. The Hall–Kier alpha value is -3.08. The quantitative estimate of drug-likeness (QED) is 0.398. The first-order chi connectivity index (χ1) is 12.4. The average Bonchev–Trinajstić information content (AvgIpc) is 2.65. The Bertz CT molecular complexity index is 1160. The van der Waals surface area contributed by atoms with Gasteiger partial charge in [-0.2, -0.15) is 17.6 Å². The lowest BCUT2D eigenvalue weighted by molar-refractivity contribution is -0.00216. The smallest absolute Gasteiger partial charge is 0.315 e. The molecule has 0 unspecified atom stereocenters. The van der Waals surface area contributed by atoms with Gasteiger partial charge in [0.1, 0.15) is 0 Å². The monoisotopic (exact) mass is 363 g/mol. The molecule has 0 saturated carbocycles. The van der Waals surface area contributed by atoms with Crippen molar-refractivity contribution < 1.29 is 13.2 Å². The van der Waals surface area contributed by atoms with Gasteiger partial charge in [0.2, 0.25) is 0 Å². The van der Waals surface area contributed by atoms with Crippen LogP contribution >= 0.6 is 0 Å². The molecular formula is C20H17N3O2S. The average molecular weight is 363 g/mol. The van der Waals surface area contributed by atoms with Crippen LogP contribution in [0.1, 0.15) is 18.1 Å². The maximum absolute atomic E-state index is 12.7. The molecule has 3 aromatic rings. The summed E-state index contributed by atoms with van der Waals surface area (Å²) in [5.74, 6) is 0. The summed E-state index contributed by atoms with van der Waals surface area (Å²) in [7, 11) is -3.94. The Labute approximate surface area is 152 Å². The first-order valence-corrected chi connectivity index (χ1v) is 9.44. The fraction of sp³-hybridized carbons (Fsp3) is 0.100. The Morgan fingerprint density at radius 3 is 2.27 bits per heavy atom. The molecule has 0 bridgehead atoms. The third kappa shape index (κ3) is 3.61. The zero-order valence-electron chi connectivity index (χ0n) is 14.4. The number of sulfonamides is 1. The molecule has 0 atom stereocenters. The third-order valence-corrected chi connectivity index (χ3v) is 5.34. The number of nitrogens with zero attached hydrogens (tertiary/aromatic N) is 3.